The molecule has 0 atom stereocenters. The number of rotatable bonds is 7. The summed E-state index contributed by atoms with van der Waals surface area (Å²) >= 11 is 0. The minimum atomic E-state index is -0.524. The molecule has 124 valence electrons. The number of carbonyl (C=O) groups excluding carboxylic acids is 2. The minimum absolute atomic E-state index is 0.0136. The molecule has 0 spiro atoms. The average Bonchev–Trinajstić information content (AvgIpc) is 3.45. The zero-order valence-corrected chi connectivity index (χ0v) is 13.2. The monoisotopic (exact) mass is 318 g/mol. The van der Waals surface area contributed by atoms with E-state index in [1.807, 2.05) is 0 Å². The van der Waals surface area contributed by atoms with Crippen molar-refractivity contribution < 1.29 is 19.1 Å². The van der Waals surface area contributed by atoms with Gasteiger partial charge >= 0.3 is 6.09 Å². The normalized spacial score (nSPS) is 16.8. The molecule has 6 heteroatoms. The van der Waals surface area contributed by atoms with Crippen LogP contribution in [0, 0.1) is 11.8 Å². The molecular weight excluding hydrogens is 296 g/mol. The molecule has 6 nitrogen and oxygen atoms in total. The van der Waals surface area contributed by atoms with Gasteiger partial charge in [0, 0.05) is 11.7 Å². The molecule has 2 aliphatic rings. The van der Waals surface area contributed by atoms with Gasteiger partial charge in [0.15, 0.2) is 6.61 Å². The van der Waals surface area contributed by atoms with E-state index in [1.54, 1.807) is 24.3 Å². The number of nitrogens with one attached hydrogen (secondary N) is 2. The molecule has 0 aromatic heterocycles. The molecule has 2 aliphatic carbocycles. The van der Waals surface area contributed by atoms with Crippen molar-refractivity contribution in [3.8, 4) is 5.75 Å². The number of benzene rings is 1. The van der Waals surface area contributed by atoms with Crippen LogP contribution in [-0.2, 0) is 9.53 Å². The third-order valence-electron chi connectivity index (χ3n) is 4.24. The Bertz CT molecular complexity index is 552. The second-order valence-electron chi connectivity index (χ2n) is 6.20. The molecule has 0 aliphatic heterocycles. The second kappa shape index (κ2) is 6.89. The van der Waals surface area contributed by atoms with Crippen molar-refractivity contribution in [2.45, 2.75) is 31.7 Å². The van der Waals surface area contributed by atoms with Gasteiger partial charge in [-0.25, -0.2) is 4.79 Å². The van der Waals surface area contributed by atoms with E-state index in [2.05, 4.69) is 15.4 Å². The summed E-state index contributed by atoms with van der Waals surface area (Å²) in [6, 6.07) is 7.15. The first-order valence-corrected chi connectivity index (χ1v) is 8.03. The van der Waals surface area contributed by atoms with Crippen LogP contribution in [0.2, 0.25) is 0 Å². The van der Waals surface area contributed by atoms with Crippen LogP contribution in [0.4, 0.5) is 10.5 Å². The van der Waals surface area contributed by atoms with Crippen LogP contribution in [0.25, 0.3) is 0 Å². The fourth-order valence-corrected chi connectivity index (χ4v) is 2.71. The quantitative estimate of drug-likeness (QED) is 0.810. The maximum Gasteiger partial charge on any atom is 0.411 e. The zero-order valence-electron chi connectivity index (χ0n) is 13.2. The Kier molecular flexibility index (Phi) is 4.69. The van der Waals surface area contributed by atoms with Gasteiger partial charge in [-0.05, 0) is 61.8 Å². The molecule has 0 saturated heterocycles. The van der Waals surface area contributed by atoms with E-state index < -0.39 is 6.09 Å². The molecule has 3 rings (SSSR count). The van der Waals surface area contributed by atoms with E-state index in [4.69, 9.17) is 4.74 Å². The largest absolute Gasteiger partial charge is 0.484 e. The highest BCUT2D eigenvalue weighted by molar-refractivity contribution is 5.84. The molecule has 1 aromatic rings. The maximum absolute atomic E-state index is 12.0. The highest BCUT2D eigenvalue weighted by Gasteiger charge is 2.42. The predicted octanol–water partition coefficient (Wildman–Crippen LogP) is 2.55. The number of anilines is 1. The Hall–Kier alpha value is -2.24. The van der Waals surface area contributed by atoms with Crippen LogP contribution in [-0.4, -0.2) is 31.8 Å². The number of methoxy groups -OCH3 is 1. The van der Waals surface area contributed by atoms with Gasteiger partial charge in [-0.3, -0.25) is 10.1 Å². The first-order valence-electron chi connectivity index (χ1n) is 8.03. The molecule has 0 heterocycles. The van der Waals surface area contributed by atoms with E-state index in [1.165, 1.54) is 32.8 Å². The number of hydrogen-bond donors (Lipinski definition) is 2. The van der Waals surface area contributed by atoms with Crippen molar-refractivity contribution in [3.63, 3.8) is 0 Å². The summed E-state index contributed by atoms with van der Waals surface area (Å²) in [7, 11) is 1.31. The van der Waals surface area contributed by atoms with E-state index in [0.717, 1.165) is 0 Å². The number of amides is 2. The summed E-state index contributed by atoms with van der Waals surface area (Å²) in [5.74, 6) is 1.88. The Labute approximate surface area is 135 Å². The maximum atomic E-state index is 12.0. The van der Waals surface area contributed by atoms with Crippen molar-refractivity contribution in [1.82, 2.24) is 5.32 Å². The van der Waals surface area contributed by atoms with Gasteiger partial charge in [0.2, 0.25) is 0 Å². The first-order chi connectivity index (χ1) is 11.2. The molecule has 0 unspecified atom stereocenters. The van der Waals surface area contributed by atoms with Gasteiger partial charge in [-0.1, -0.05) is 0 Å². The van der Waals surface area contributed by atoms with Gasteiger partial charge in [0.05, 0.1) is 7.11 Å². The summed E-state index contributed by atoms with van der Waals surface area (Å²) in [6.45, 7) is 0.0136. The third-order valence-corrected chi connectivity index (χ3v) is 4.24. The van der Waals surface area contributed by atoms with E-state index in [9.17, 15) is 9.59 Å². The topological polar surface area (TPSA) is 76.7 Å². The number of carbonyl (C=O) groups is 2. The molecule has 0 bridgehead atoms. The van der Waals surface area contributed by atoms with Crippen LogP contribution in [0.1, 0.15) is 25.7 Å². The van der Waals surface area contributed by atoms with Crippen molar-refractivity contribution >= 4 is 17.7 Å². The number of ether oxygens (including phenoxy) is 2. The van der Waals surface area contributed by atoms with Crippen LogP contribution in [0.5, 0.6) is 5.75 Å². The minimum Gasteiger partial charge on any atom is -0.484 e. The summed E-state index contributed by atoms with van der Waals surface area (Å²) < 4.78 is 10.0. The van der Waals surface area contributed by atoms with Crippen molar-refractivity contribution in [3.05, 3.63) is 24.3 Å². The van der Waals surface area contributed by atoms with Crippen molar-refractivity contribution in [2.75, 3.05) is 19.0 Å². The van der Waals surface area contributed by atoms with Crippen LogP contribution in [0.3, 0.4) is 0 Å². The highest BCUT2D eigenvalue weighted by Crippen LogP contribution is 2.44. The second-order valence-corrected chi connectivity index (χ2v) is 6.20. The van der Waals surface area contributed by atoms with E-state index in [0.29, 0.717) is 29.3 Å². The Balaban J connectivity index is 1.44. The summed E-state index contributed by atoms with van der Waals surface area (Å²) in [5.41, 5.74) is 0.608. The Morgan fingerprint density at radius 2 is 1.74 bits per heavy atom. The number of hydrogen-bond acceptors (Lipinski definition) is 4. The van der Waals surface area contributed by atoms with Gasteiger partial charge in [-0.15, -0.1) is 0 Å². The van der Waals surface area contributed by atoms with Gasteiger partial charge in [0.25, 0.3) is 5.91 Å². The first kappa shape index (κ1) is 15.6. The lowest BCUT2D eigenvalue weighted by atomic mass is 10.1. The van der Waals surface area contributed by atoms with Gasteiger partial charge in [-0.2, -0.15) is 0 Å². The molecular formula is C17H22N2O4. The summed E-state index contributed by atoms with van der Waals surface area (Å²) in [6.07, 6.45) is 4.41. The van der Waals surface area contributed by atoms with Crippen molar-refractivity contribution in [2.24, 2.45) is 11.8 Å². The third kappa shape index (κ3) is 4.61. The summed E-state index contributed by atoms with van der Waals surface area (Å²) in [5, 5.41) is 5.67. The molecule has 2 N–H and O–H groups in total. The SMILES string of the molecule is COC(=O)Nc1ccc(OCC(=O)NC(C2CC2)C2CC2)cc1. The Morgan fingerprint density at radius 3 is 2.26 bits per heavy atom. The van der Waals surface area contributed by atoms with Crippen LogP contribution < -0.4 is 15.4 Å². The van der Waals surface area contributed by atoms with Gasteiger partial charge in [0.1, 0.15) is 5.75 Å². The average molecular weight is 318 g/mol. The lowest BCUT2D eigenvalue weighted by Gasteiger charge is -2.17. The highest BCUT2D eigenvalue weighted by atomic mass is 16.5. The lowest BCUT2D eigenvalue weighted by Crippen LogP contribution is -2.40. The Morgan fingerprint density at radius 1 is 1.13 bits per heavy atom. The molecule has 1 aromatic carbocycles. The predicted molar refractivity (Wildman–Crippen MR) is 85.3 cm³/mol. The van der Waals surface area contributed by atoms with Gasteiger partial charge < -0.3 is 14.8 Å². The molecule has 2 saturated carbocycles. The summed E-state index contributed by atoms with van der Waals surface area (Å²) in [4.78, 5) is 23.1. The molecule has 0 radical (unpaired) electrons. The fourth-order valence-electron chi connectivity index (χ4n) is 2.71. The fraction of sp³-hybridized carbons (Fsp3) is 0.529. The molecule has 2 amide bonds. The van der Waals surface area contributed by atoms with Crippen LogP contribution >= 0.6 is 0 Å². The van der Waals surface area contributed by atoms with E-state index >= 15 is 0 Å². The van der Waals surface area contributed by atoms with Crippen molar-refractivity contribution in [1.29, 1.82) is 0 Å². The standard InChI is InChI=1S/C17H22N2O4/c1-22-17(21)18-13-6-8-14(9-7-13)23-10-15(20)19-16(11-2-3-11)12-4-5-12/h6-9,11-12,16H,2-5,10H2,1H3,(H,18,21)(H,19,20). The lowest BCUT2D eigenvalue weighted by molar-refractivity contribution is -0.124. The zero-order chi connectivity index (χ0) is 16.2. The van der Waals surface area contributed by atoms with Crippen LogP contribution in [0.15, 0.2) is 24.3 Å². The smallest absolute Gasteiger partial charge is 0.411 e. The molecule has 2 fully saturated rings. The van der Waals surface area contributed by atoms with E-state index in [-0.39, 0.29) is 12.5 Å². The molecule has 23 heavy (non-hydrogen) atoms.